The highest BCUT2D eigenvalue weighted by Gasteiger charge is 2.34. The van der Waals surface area contributed by atoms with Gasteiger partial charge in [0.2, 0.25) is 0 Å². The molecule has 0 bridgehead atoms. The van der Waals surface area contributed by atoms with E-state index < -0.39 is 12.0 Å². The summed E-state index contributed by atoms with van der Waals surface area (Å²) in [7, 11) is 0. The van der Waals surface area contributed by atoms with Crippen molar-refractivity contribution in [3.8, 4) is 0 Å². The number of halogens is 2. The van der Waals surface area contributed by atoms with E-state index in [1.165, 1.54) is 22.7 Å². The SMILES string of the molecule is CC1=C(C(=O)OC(C)C)[C@H](c2cccs2)n2c(s/c(=C/c3ccc(Cl)c(Cl)c3)c2=O)=N1. The van der Waals surface area contributed by atoms with Gasteiger partial charge in [-0.3, -0.25) is 9.36 Å². The van der Waals surface area contributed by atoms with E-state index in [9.17, 15) is 9.59 Å². The second kappa shape index (κ2) is 8.74. The molecule has 0 saturated carbocycles. The van der Waals surface area contributed by atoms with E-state index >= 15 is 0 Å². The summed E-state index contributed by atoms with van der Waals surface area (Å²) < 4.78 is 7.53. The van der Waals surface area contributed by atoms with Gasteiger partial charge in [0, 0.05) is 4.88 Å². The average molecular weight is 493 g/mol. The number of carbonyl (C=O) groups is 1. The van der Waals surface area contributed by atoms with Crippen LogP contribution in [0.3, 0.4) is 0 Å². The third-order valence-electron chi connectivity index (χ3n) is 4.64. The van der Waals surface area contributed by atoms with Crippen molar-refractivity contribution in [2.75, 3.05) is 0 Å². The minimum Gasteiger partial charge on any atom is -0.459 e. The molecule has 0 radical (unpaired) electrons. The third-order valence-corrected chi connectivity index (χ3v) is 7.29. The number of aromatic nitrogens is 1. The quantitative estimate of drug-likeness (QED) is 0.501. The molecule has 1 aromatic carbocycles. The molecule has 0 saturated heterocycles. The number of thiophene rings is 1. The van der Waals surface area contributed by atoms with Gasteiger partial charge in [-0.1, -0.05) is 46.7 Å². The summed E-state index contributed by atoms with van der Waals surface area (Å²) in [5.74, 6) is -0.464. The minimum atomic E-state index is -0.585. The van der Waals surface area contributed by atoms with Crippen LogP contribution in [0.4, 0.5) is 0 Å². The lowest BCUT2D eigenvalue weighted by molar-refractivity contribution is -0.143. The molecule has 1 aliphatic heterocycles. The number of hydrogen-bond donors (Lipinski definition) is 0. The molecular weight excluding hydrogens is 475 g/mol. The van der Waals surface area contributed by atoms with Gasteiger partial charge < -0.3 is 4.74 Å². The number of fused-ring (bicyclic) bond motifs is 1. The van der Waals surface area contributed by atoms with Gasteiger partial charge in [0.25, 0.3) is 5.56 Å². The van der Waals surface area contributed by atoms with E-state index in [4.69, 9.17) is 27.9 Å². The molecule has 5 nitrogen and oxygen atoms in total. The second-order valence-corrected chi connectivity index (χ2v) is 10.0. The van der Waals surface area contributed by atoms with Crippen LogP contribution in [0.15, 0.2) is 56.8 Å². The fraction of sp³-hybridized carbons (Fsp3) is 0.227. The lowest BCUT2D eigenvalue weighted by Crippen LogP contribution is -2.39. The predicted molar refractivity (Wildman–Crippen MR) is 126 cm³/mol. The highest BCUT2D eigenvalue weighted by molar-refractivity contribution is 7.10. The zero-order valence-corrected chi connectivity index (χ0v) is 20.0. The monoisotopic (exact) mass is 492 g/mol. The van der Waals surface area contributed by atoms with Gasteiger partial charge in [-0.2, -0.15) is 0 Å². The van der Waals surface area contributed by atoms with Crippen LogP contribution in [0, 0.1) is 0 Å². The summed E-state index contributed by atoms with van der Waals surface area (Å²) in [4.78, 5) is 32.3. The van der Waals surface area contributed by atoms with E-state index in [1.807, 2.05) is 17.5 Å². The number of esters is 1. The van der Waals surface area contributed by atoms with Gasteiger partial charge in [0.15, 0.2) is 4.80 Å². The number of hydrogen-bond acceptors (Lipinski definition) is 6. The summed E-state index contributed by atoms with van der Waals surface area (Å²) in [5.41, 5.74) is 1.45. The molecule has 4 rings (SSSR count). The first-order valence-electron chi connectivity index (χ1n) is 9.48. The largest absolute Gasteiger partial charge is 0.459 e. The Hall–Kier alpha value is -2.19. The topological polar surface area (TPSA) is 60.7 Å². The van der Waals surface area contributed by atoms with Gasteiger partial charge in [0.05, 0.1) is 32.0 Å². The smallest absolute Gasteiger partial charge is 0.338 e. The molecule has 1 atom stereocenters. The Kier molecular flexibility index (Phi) is 6.21. The molecule has 0 unspecified atom stereocenters. The van der Waals surface area contributed by atoms with Gasteiger partial charge in [-0.05, 0) is 56.0 Å². The predicted octanol–water partition coefficient (Wildman–Crippen LogP) is 4.56. The molecule has 2 aromatic heterocycles. The number of rotatable bonds is 4. The number of benzene rings is 1. The highest BCUT2D eigenvalue weighted by atomic mass is 35.5. The van der Waals surface area contributed by atoms with Crippen LogP contribution in [0.1, 0.15) is 37.3 Å². The fourth-order valence-electron chi connectivity index (χ4n) is 3.33. The van der Waals surface area contributed by atoms with Crippen molar-refractivity contribution in [2.24, 2.45) is 4.99 Å². The van der Waals surface area contributed by atoms with E-state index in [2.05, 4.69) is 4.99 Å². The number of thiazole rings is 1. The van der Waals surface area contributed by atoms with Crippen molar-refractivity contribution in [1.29, 1.82) is 0 Å². The van der Waals surface area contributed by atoms with Crippen molar-refractivity contribution >= 4 is 57.9 Å². The van der Waals surface area contributed by atoms with E-state index in [-0.39, 0.29) is 11.7 Å². The highest BCUT2D eigenvalue weighted by Crippen LogP contribution is 2.33. The van der Waals surface area contributed by atoms with Crippen molar-refractivity contribution in [3.63, 3.8) is 0 Å². The molecule has 9 heteroatoms. The molecule has 3 aromatic rings. The third kappa shape index (κ3) is 4.28. The zero-order valence-electron chi connectivity index (χ0n) is 16.9. The van der Waals surface area contributed by atoms with Crippen LogP contribution >= 0.6 is 45.9 Å². The molecule has 3 heterocycles. The van der Waals surface area contributed by atoms with Crippen LogP contribution in [0.25, 0.3) is 6.08 Å². The van der Waals surface area contributed by atoms with Crippen LogP contribution in [0.5, 0.6) is 0 Å². The van der Waals surface area contributed by atoms with Crippen LogP contribution < -0.4 is 14.9 Å². The zero-order chi connectivity index (χ0) is 22.3. The van der Waals surface area contributed by atoms with Gasteiger partial charge in [0.1, 0.15) is 6.04 Å². The Balaban J connectivity index is 1.92. The summed E-state index contributed by atoms with van der Waals surface area (Å²) in [5, 5.41) is 2.78. The number of carbonyl (C=O) groups excluding carboxylic acids is 1. The molecule has 160 valence electrons. The standard InChI is InChI=1S/C22H18Cl2N2O3S2/c1-11(2)29-21(28)18-12(3)25-22-26(19(18)16-5-4-8-30-16)20(27)17(31-22)10-13-6-7-14(23)15(24)9-13/h4-11,19H,1-3H3/b17-10+/t19-/m0/s1. The van der Waals surface area contributed by atoms with E-state index in [0.717, 1.165) is 10.4 Å². The fourth-order valence-corrected chi connectivity index (χ4v) is 5.51. The Morgan fingerprint density at radius 1 is 1.26 bits per heavy atom. The lowest BCUT2D eigenvalue weighted by Gasteiger charge is -2.24. The average Bonchev–Trinajstić information content (AvgIpc) is 3.32. The number of allylic oxidation sites excluding steroid dienone is 1. The first kappa shape index (κ1) is 22.0. The van der Waals surface area contributed by atoms with Crippen molar-refractivity contribution in [2.45, 2.75) is 32.9 Å². The Morgan fingerprint density at radius 3 is 2.68 bits per heavy atom. The molecule has 0 spiro atoms. The number of nitrogens with zero attached hydrogens (tertiary/aromatic N) is 2. The van der Waals surface area contributed by atoms with Crippen LogP contribution in [-0.2, 0) is 9.53 Å². The normalized spacial score (nSPS) is 16.5. The summed E-state index contributed by atoms with van der Waals surface area (Å²) >= 11 is 14.9. The van der Waals surface area contributed by atoms with Crippen LogP contribution in [0.2, 0.25) is 10.0 Å². The minimum absolute atomic E-state index is 0.226. The molecule has 1 aliphatic rings. The summed E-state index contributed by atoms with van der Waals surface area (Å²) in [6.45, 7) is 5.36. The lowest BCUT2D eigenvalue weighted by atomic mass is 10.0. The van der Waals surface area contributed by atoms with Crippen molar-refractivity contribution < 1.29 is 9.53 Å². The summed E-state index contributed by atoms with van der Waals surface area (Å²) in [6, 6.07) is 8.40. The molecule has 31 heavy (non-hydrogen) atoms. The molecule has 0 fully saturated rings. The maximum absolute atomic E-state index is 13.4. The van der Waals surface area contributed by atoms with Gasteiger partial charge in [-0.15, -0.1) is 11.3 Å². The second-order valence-electron chi connectivity index (χ2n) is 7.22. The Morgan fingerprint density at radius 2 is 2.03 bits per heavy atom. The van der Waals surface area contributed by atoms with Crippen molar-refractivity contribution in [1.82, 2.24) is 4.57 Å². The van der Waals surface area contributed by atoms with E-state index in [1.54, 1.807) is 49.6 Å². The maximum atomic E-state index is 13.4. The van der Waals surface area contributed by atoms with Crippen molar-refractivity contribution in [3.05, 3.63) is 87.2 Å². The van der Waals surface area contributed by atoms with Gasteiger partial charge in [-0.25, -0.2) is 9.79 Å². The first-order chi connectivity index (χ1) is 14.8. The number of ether oxygens (including phenoxy) is 1. The van der Waals surface area contributed by atoms with Gasteiger partial charge >= 0.3 is 5.97 Å². The molecular formula is C22H18Cl2N2O3S2. The van der Waals surface area contributed by atoms with E-state index in [0.29, 0.717) is 30.6 Å². The molecule has 0 aliphatic carbocycles. The first-order valence-corrected chi connectivity index (χ1v) is 11.9. The summed E-state index contributed by atoms with van der Waals surface area (Å²) in [6.07, 6.45) is 1.47. The Bertz CT molecular complexity index is 1370. The molecule has 0 amide bonds. The molecule has 0 N–H and O–H groups in total. The van der Waals surface area contributed by atoms with Crippen LogP contribution in [-0.4, -0.2) is 16.6 Å². The maximum Gasteiger partial charge on any atom is 0.338 e. The Labute approximate surface area is 196 Å².